The quantitative estimate of drug-likeness (QED) is 0.388. The highest BCUT2D eigenvalue weighted by Crippen LogP contribution is 2.38. The molecule has 0 saturated carbocycles. The van der Waals surface area contributed by atoms with Gasteiger partial charge >= 0.3 is 0 Å². The Labute approximate surface area is 206 Å². The summed E-state index contributed by atoms with van der Waals surface area (Å²) in [4.78, 5) is 13.0. The van der Waals surface area contributed by atoms with Crippen LogP contribution in [0, 0.1) is 25.6 Å². The highest BCUT2D eigenvalue weighted by Gasteiger charge is 2.32. The van der Waals surface area contributed by atoms with Crippen LogP contribution in [0.1, 0.15) is 36.0 Å². The molecule has 36 heavy (non-hydrogen) atoms. The number of benzene rings is 1. The summed E-state index contributed by atoms with van der Waals surface area (Å²) >= 11 is 0. The number of halogens is 1. The van der Waals surface area contributed by atoms with Gasteiger partial charge in [-0.3, -0.25) is 9.71 Å². The summed E-state index contributed by atoms with van der Waals surface area (Å²) < 4.78 is 60.7. The van der Waals surface area contributed by atoms with Crippen molar-refractivity contribution in [2.24, 2.45) is 5.92 Å². The first-order chi connectivity index (χ1) is 17.3. The monoisotopic (exact) mass is 513 g/mol. The van der Waals surface area contributed by atoms with E-state index in [-0.39, 0.29) is 39.5 Å². The minimum Gasteiger partial charge on any atom is -0.466 e. The number of ether oxygens (including phenoxy) is 2. The van der Waals surface area contributed by atoms with Crippen LogP contribution in [0.5, 0.6) is 5.88 Å². The van der Waals surface area contributed by atoms with Gasteiger partial charge in [-0.25, -0.2) is 22.8 Å². The van der Waals surface area contributed by atoms with Gasteiger partial charge in [-0.15, -0.1) is 0 Å². The van der Waals surface area contributed by atoms with Crippen molar-refractivity contribution in [1.29, 1.82) is 0 Å². The maximum absolute atomic E-state index is 14.9. The van der Waals surface area contributed by atoms with Crippen molar-refractivity contribution in [3.8, 4) is 5.88 Å². The Morgan fingerprint density at radius 1 is 1.11 bits per heavy atom. The fraction of sp³-hybridized carbons (Fsp3) is 0.333. The van der Waals surface area contributed by atoms with Crippen LogP contribution in [0.3, 0.4) is 0 Å². The molecule has 0 radical (unpaired) electrons. The van der Waals surface area contributed by atoms with Crippen LogP contribution in [0.15, 0.2) is 52.1 Å². The molecule has 0 bridgehead atoms. The molecule has 1 atom stereocenters. The largest absolute Gasteiger partial charge is 0.466 e. The van der Waals surface area contributed by atoms with E-state index in [0.717, 1.165) is 0 Å². The van der Waals surface area contributed by atoms with Crippen LogP contribution < -0.4 is 9.46 Å². The number of nitrogens with one attached hydrogen (secondary N) is 1. The Bertz CT molecular complexity index is 1480. The van der Waals surface area contributed by atoms with Crippen LogP contribution in [0.4, 0.5) is 10.2 Å². The summed E-state index contributed by atoms with van der Waals surface area (Å²) in [6, 6.07) is 8.25. The number of rotatable bonds is 7. The van der Waals surface area contributed by atoms with Crippen molar-refractivity contribution >= 4 is 26.9 Å². The number of para-hydroxylation sites is 2. The molecule has 5 rings (SSSR count). The predicted octanol–water partition coefficient (Wildman–Crippen LogP) is 4.12. The van der Waals surface area contributed by atoms with Crippen molar-refractivity contribution in [2.75, 3.05) is 17.9 Å². The van der Waals surface area contributed by atoms with Gasteiger partial charge in [0.05, 0.1) is 11.0 Å². The molecule has 1 N–H and O–H groups in total. The van der Waals surface area contributed by atoms with Crippen molar-refractivity contribution in [1.82, 2.24) is 20.1 Å². The number of aromatic nitrogens is 4. The number of anilines is 1. The van der Waals surface area contributed by atoms with Crippen LogP contribution in [0.25, 0.3) is 11.0 Å². The Morgan fingerprint density at radius 2 is 1.83 bits per heavy atom. The molecule has 1 aromatic carbocycles. The summed E-state index contributed by atoms with van der Waals surface area (Å²) in [5, 5.41) is 3.73. The van der Waals surface area contributed by atoms with Gasteiger partial charge in [-0.2, -0.15) is 0 Å². The third-order valence-corrected chi connectivity index (χ3v) is 7.62. The zero-order valence-electron chi connectivity index (χ0n) is 19.6. The fourth-order valence-electron chi connectivity index (χ4n) is 4.32. The van der Waals surface area contributed by atoms with Gasteiger partial charge in [-0.05, 0) is 44.9 Å². The first kappa shape index (κ1) is 24.1. The number of sulfonamides is 1. The molecule has 188 valence electrons. The second kappa shape index (κ2) is 9.78. The molecular weight excluding hydrogens is 489 g/mol. The molecule has 0 spiro atoms. The zero-order chi connectivity index (χ0) is 25.3. The number of hydrogen-bond donors (Lipinski definition) is 1. The van der Waals surface area contributed by atoms with Gasteiger partial charge < -0.3 is 14.0 Å². The third kappa shape index (κ3) is 4.73. The average Bonchev–Trinajstić information content (AvgIpc) is 3.22. The summed E-state index contributed by atoms with van der Waals surface area (Å²) in [5.74, 6) is -0.668. The maximum atomic E-state index is 14.9. The highest BCUT2D eigenvalue weighted by atomic mass is 32.2. The van der Waals surface area contributed by atoms with Crippen LogP contribution in [-0.4, -0.2) is 41.7 Å². The van der Waals surface area contributed by atoms with Crippen molar-refractivity contribution in [2.45, 2.75) is 37.7 Å². The van der Waals surface area contributed by atoms with Crippen molar-refractivity contribution in [3.05, 3.63) is 65.6 Å². The summed E-state index contributed by atoms with van der Waals surface area (Å²) in [5.41, 5.74) is 1.40. The first-order valence-electron chi connectivity index (χ1n) is 11.4. The van der Waals surface area contributed by atoms with E-state index in [9.17, 15) is 12.8 Å². The van der Waals surface area contributed by atoms with E-state index in [1.54, 1.807) is 24.3 Å². The standard InChI is InChI=1S/C24H24FN5O5S/c1-14-22(15(2)35-29-14)36(31,32)30-23-24(28-20-6-4-3-5-19(20)27-23)34-21(16-8-11-33-12-9-16)17-13-26-10-7-18(17)25/h3-7,10,13,16,21H,8-9,11-12H2,1-2H3,(H,27,30). The second-order valence-electron chi connectivity index (χ2n) is 8.51. The molecule has 1 fully saturated rings. The maximum Gasteiger partial charge on any atom is 0.268 e. The lowest BCUT2D eigenvalue weighted by atomic mass is 9.89. The summed E-state index contributed by atoms with van der Waals surface area (Å²) in [7, 11) is -4.15. The van der Waals surface area contributed by atoms with Gasteiger partial charge in [0.2, 0.25) is 5.82 Å². The Hall–Kier alpha value is -3.64. The minimum absolute atomic E-state index is 0.0798. The minimum atomic E-state index is -4.15. The van der Waals surface area contributed by atoms with Gasteiger partial charge in [0.25, 0.3) is 15.9 Å². The van der Waals surface area contributed by atoms with Crippen LogP contribution >= 0.6 is 0 Å². The van der Waals surface area contributed by atoms with E-state index in [0.29, 0.717) is 37.1 Å². The number of aryl methyl sites for hydroxylation is 2. The Balaban J connectivity index is 1.60. The third-order valence-electron chi connectivity index (χ3n) is 6.04. The molecule has 1 unspecified atom stereocenters. The van der Waals surface area contributed by atoms with Gasteiger partial charge in [0.15, 0.2) is 10.7 Å². The van der Waals surface area contributed by atoms with Crippen LogP contribution in [-0.2, 0) is 14.8 Å². The van der Waals surface area contributed by atoms with Gasteiger partial charge in [0, 0.05) is 37.1 Å². The van der Waals surface area contributed by atoms with E-state index in [1.807, 2.05) is 0 Å². The van der Waals surface area contributed by atoms with E-state index in [2.05, 4.69) is 24.8 Å². The fourth-order valence-corrected chi connectivity index (χ4v) is 5.65. The number of nitrogens with zero attached hydrogens (tertiary/aromatic N) is 4. The van der Waals surface area contributed by atoms with E-state index >= 15 is 0 Å². The number of fused-ring (bicyclic) bond motifs is 1. The van der Waals surface area contributed by atoms with E-state index in [4.69, 9.17) is 14.0 Å². The van der Waals surface area contributed by atoms with Gasteiger partial charge in [-0.1, -0.05) is 17.3 Å². The van der Waals surface area contributed by atoms with Crippen molar-refractivity contribution < 1.29 is 26.8 Å². The molecule has 1 aliphatic heterocycles. The molecule has 1 saturated heterocycles. The molecule has 12 heteroatoms. The molecule has 10 nitrogen and oxygen atoms in total. The topological polar surface area (TPSA) is 129 Å². The predicted molar refractivity (Wildman–Crippen MR) is 127 cm³/mol. The van der Waals surface area contributed by atoms with E-state index < -0.39 is 21.9 Å². The number of hydrogen-bond acceptors (Lipinski definition) is 9. The molecule has 4 heterocycles. The lowest BCUT2D eigenvalue weighted by Crippen LogP contribution is -2.27. The first-order valence-corrected chi connectivity index (χ1v) is 12.9. The zero-order valence-corrected chi connectivity index (χ0v) is 20.5. The highest BCUT2D eigenvalue weighted by molar-refractivity contribution is 7.92. The summed E-state index contributed by atoms with van der Waals surface area (Å²) in [6.45, 7) is 4.04. The molecule has 0 aliphatic carbocycles. The second-order valence-corrected chi connectivity index (χ2v) is 10.1. The molecule has 0 amide bonds. The van der Waals surface area contributed by atoms with Gasteiger partial charge in [0.1, 0.15) is 17.6 Å². The lowest BCUT2D eigenvalue weighted by molar-refractivity contribution is 0.0147. The molecule has 3 aromatic heterocycles. The Morgan fingerprint density at radius 3 is 2.50 bits per heavy atom. The van der Waals surface area contributed by atoms with E-state index in [1.165, 1.54) is 32.3 Å². The SMILES string of the molecule is Cc1noc(C)c1S(=O)(=O)Nc1nc2ccccc2nc1OC(c1cnccc1F)C1CCOCC1. The lowest BCUT2D eigenvalue weighted by Gasteiger charge is -2.31. The molecule has 1 aliphatic rings. The normalized spacial score (nSPS) is 15.6. The number of pyridine rings is 1. The molecular formula is C24H24FN5O5S. The Kier molecular flexibility index (Phi) is 6.54. The average molecular weight is 514 g/mol. The van der Waals surface area contributed by atoms with Crippen LogP contribution in [0.2, 0.25) is 0 Å². The molecule has 4 aromatic rings. The van der Waals surface area contributed by atoms with Crippen molar-refractivity contribution in [3.63, 3.8) is 0 Å². The smallest absolute Gasteiger partial charge is 0.268 e. The summed E-state index contributed by atoms with van der Waals surface area (Å²) in [6.07, 6.45) is 3.23.